The van der Waals surface area contributed by atoms with Crippen LogP contribution in [0, 0.1) is 5.92 Å². The minimum atomic E-state index is 0.676. The molecule has 0 radical (unpaired) electrons. The number of thiophene rings is 1. The topological polar surface area (TPSA) is 9.23 Å². The van der Waals surface area contributed by atoms with Gasteiger partial charge in [-0.05, 0) is 70.9 Å². The molecular weight excluding hydrogens is 464 g/mol. The van der Waals surface area contributed by atoms with Crippen molar-refractivity contribution in [1.29, 1.82) is 0 Å². The van der Waals surface area contributed by atoms with Crippen LogP contribution >= 0.6 is 24.0 Å². The molecule has 0 atom stereocenters. The van der Waals surface area contributed by atoms with Crippen LogP contribution in [0.1, 0.15) is 102 Å². The highest BCUT2D eigenvalue weighted by Gasteiger charge is 2.01. The van der Waals surface area contributed by atoms with Gasteiger partial charge < -0.3 is 4.74 Å². The summed E-state index contributed by atoms with van der Waals surface area (Å²) < 4.78 is 5.67. The lowest BCUT2D eigenvalue weighted by atomic mass is 10.0. The van der Waals surface area contributed by atoms with Crippen LogP contribution < -0.4 is 0 Å². The Morgan fingerprint density at radius 2 is 1.51 bits per heavy atom. The third-order valence-electron chi connectivity index (χ3n) is 5.46. The molecule has 0 N–H and O–H groups in total. The number of allylic oxidation sites excluding steroid dienone is 1. The van der Waals surface area contributed by atoms with Gasteiger partial charge in [-0.3, -0.25) is 0 Å². The summed E-state index contributed by atoms with van der Waals surface area (Å²) in [6.45, 7) is 18.7. The molecular formula is C32H50OS2. The Bertz CT molecular complexity index is 810. The number of benzene rings is 1. The summed E-state index contributed by atoms with van der Waals surface area (Å²) in [6, 6.07) is 10.7. The zero-order valence-electron chi connectivity index (χ0n) is 23.2. The van der Waals surface area contributed by atoms with E-state index in [1.807, 2.05) is 6.08 Å². The van der Waals surface area contributed by atoms with Gasteiger partial charge in [-0.25, -0.2) is 0 Å². The number of ether oxygens (including phenoxy) is 1. The quantitative estimate of drug-likeness (QED) is 0.159. The van der Waals surface area contributed by atoms with E-state index in [-0.39, 0.29) is 0 Å². The molecule has 0 fully saturated rings. The number of hydrogen-bond acceptors (Lipinski definition) is 3. The summed E-state index contributed by atoms with van der Waals surface area (Å²) in [5, 5.41) is 3.91. The van der Waals surface area contributed by atoms with Gasteiger partial charge >= 0.3 is 0 Å². The van der Waals surface area contributed by atoms with Crippen LogP contribution in [0.3, 0.4) is 0 Å². The molecule has 0 saturated heterocycles. The first kappa shape index (κ1) is 33.4. The van der Waals surface area contributed by atoms with Crippen molar-refractivity contribution < 1.29 is 4.74 Å². The molecule has 0 spiro atoms. The van der Waals surface area contributed by atoms with Crippen molar-refractivity contribution in [2.45, 2.75) is 86.5 Å². The highest BCUT2D eigenvalue weighted by molar-refractivity contribution is 7.83. The van der Waals surface area contributed by atoms with E-state index < -0.39 is 0 Å². The number of hydrogen-bond donors (Lipinski definition) is 1. The highest BCUT2D eigenvalue weighted by Crippen LogP contribution is 2.21. The molecule has 0 aliphatic heterocycles. The van der Waals surface area contributed by atoms with E-state index in [0.717, 1.165) is 31.6 Å². The first-order valence-electron chi connectivity index (χ1n) is 13.3. The van der Waals surface area contributed by atoms with Crippen molar-refractivity contribution in [3.8, 4) is 0 Å². The fraction of sp³-hybridized carbons (Fsp3) is 0.500. The maximum atomic E-state index is 5.67. The fourth-order valence-electron chi connectivity index (χ4n) is 2.82. The molecule has 0 amide bonds. The first-order valence-corrected chi connectivity index (χ1v) is 14.7. The van der Waals surface area contributed by atoms with Crippen molar-refractivity contribution in [3.05, 3.63) is 74.8 Å². The van der Waals surface area contributed by atoms with Crippen LogP contribution in [0.2, 0.25) is 0 Å². The third kappa shape index (κ3) is 17.5. The van der Waals surface area contributed by atoms with Gasteiger partial charge in [0.15, 0.2) is 0 Å². The zero-order chi connectivity index (χ0) is 26.3. The predicted octanol–water partition coefficient (Wildman–Crippen LogP) is 11.0. The maximum Gasteiger partial charge on any atom is 0.0506 e. The Morgan fingerprint density at radius 3 is 2.00 bits per heavy atom. The van der Waals surface area contributed by atoms with Gasteiger partial charge in [-0.1, -0.05) is 110 Å². The van der Waals surface area contributed by atoms with E-state index in [0.29, 0.717) is 5.92 Å². The Hall–Kier alpha value is -1.55. The smallest absolute Gasteiger partial charge is 0.0506 e. The van der Waals surface area contributed by atoms with Crippen molar-refractivity contribution >= 4 is 42.2 Å². The summed E-state index contributed by atoms with van der Waals surface area (Å²) in [7, 11) is 0. The van der Waals surface area contributed by atoms with Crippen molar-refractivity contribution in [1.82, 2.24) is 0 Å². The van der Waals surface area contributed by atoms with Crippen molar-refractivity contribution in [2.24, 2.45) is 5.92 Å². The second-order valence-corrected chi connectivity index (χ2v) is 10.2. The Kier molecular flexibility index (Phi) is 21.9. The fourth-order valence-corrected chi connectivity index (χ4v) is 3.84. The van der Waals surface area contributed by atoms with Gasteiger partial charge in [0, 0.05) is 11.5 Å². The number of rotatable bonds is 13. The molecule has 0 aliphatic rings. The summed E-state index contributed by atoms with van der Waals surface area (Å²) in [5.41, 5.74) is 5.13. The van der Waals surface area contributed by atoms with Gasteiger partial charge in [0.1, 0.15) is 0 Å². The molecule has 35 heavy (non-hydrogen) atoms. The van der Waals surface area contributed by atoms with Crippen LogP contribution in [0.15, 0.2) is 53.3 Å². The average Bonchev–Trinajstić information content (AvgIpc) is 3.31. The minimum Gasteiger partial charge on any atom is -0.381 e. The molecule has 1 nitrogen and oxygen atoms in total. The maximum absolute atomic E-state index is 5.67. The molecule has 1 aromatic carbocycles. The van der Waals surface area contributed by atoms with Gasteiger partial charge in [-0.15, -0.1) is 11.3 Å². The largest absolute Gasteiger partial charge is 0.381 e. The summed E-state index contributed by atoms with van der Waals surface area (Å²) >= 11 is 5.88. The van der Waals surface area contributed by atoms with E-state index in [1.54, 1.807) is 16.7 Å². The Balaban J connectivity index is 0.000000801. The molecule has 0 aliphatic carbocycles. The van der Waals surface area contributed by atoms with E-state index >= 15 is 0 Å². The SMILES string of the molecule is C=C(CCC)C(C)C.CCCC.CCCCOCCc1ccsc1/C=C/c1ccc(/C=C/S)cc1. The second kappa shape index (κ2) is 22.9. The van der Waals surface area contributed by atoms with Crippen LogP contribution in [0.5, 0.6) is 0 Å². The predicted molar refractivity (Wildman–Crippen MR) is 167 cm³/mol. The standard InChI is InChI=1S/C20H24OS2.C8H16.C4H10/c1-2-3-13-21-14-10-19-12-16-23-20(19)9-8-17-4-6-18(7-5-17)11-15-22;1-5-6-8(4)7(2)3;1-3-4-2/h4-9,11-12,15-16,22H,2-3,10,13-14H2,1H3;7H,4-6H2,1-3H3;3-4H2,1-2H3/b9-8+,15-11+;;. The molecule has 0 saturated carbocycles. The monoisotopic (exact) mass is 514 g/mol. The van der Waals surface area contributed by atoms with Gasteiger partial charge in [-0.2, -0.15) is 12.6 Å². The Morgan fingerprint density at radius 1 is 0.886 bits per heavy atom. The average molecular weight is 515 g/mol. The lowest BCUT2D eigenvalue weighted by molar-refractivity contribution is 0.134. The number of thiol groups is 1. The summed E-state index contributed by atoms with van der Waals surface area (Å²) in [6.07, 6.45) is 14.7. The molecule has 0 unspecified atom stereocenters. The molecule has 2 aromatic rings. The van der Waals surface area contributed by atoms with Crippen molar-refractivity contribution in [3.63, 3.8) is 0 Å². The molecule has 1 heterocycles. The van der Waals surface area contributed by atoms with E-state index in [2.05, 4.69) is 109 Å². The molecule has 196 valence electrons. The third-order valence-corrected chi connectivity index (χ3v) is 6.53. The van der Waals surface area contributed by atoms with Crippen molar-refractivity contribution in [2.75, 3.05) is 13.2 Å². The number of unbranched alkanes of at least 4 members (excludes halogenated alkanes) is 2. The lowest BCUT2D eigenvalue weighted by Crippen LogP contribution is -2.00. The summed E-state index contributed by atoms with van der Waals surface area (Å²) in [4.78, 5) is 1.32. The molecule has 0 bridgehead atoms. The van der Waals surface area contributed by atoms with Gasteiger partial charge in [0.05, 0.1) is 6.61 Å². The molecule has 2 rings (SSSR count). The summed E-state index contributed by atoms with van der Waals surface area (Å²) in [5.74, 6) is 0.676. The normalized spacial score (nSPS) is 10.9. The minimum absolute atomic E-state index is 0.676. The second-order valence-electron chi connectivity index (χ2n) is 8.90. The highest BCUT2D eigenvalue weighted by atomic mass is 32.1. The van der Waals surface area contributed by atoms with Gasteiger partial charge in [0.25, 0.3) is 0 Å². The first-order chi connectivity index (χ1) is 16.9. The van der Waals surface area contributed by atoms with Crippen LogP contribution in [0.4, 0.5) is 0 Å². The molecule has 3 heteroatoms. The zero-order valence-corrected chi connectivity index (χ0v) is 24.9. The van der Waals surface area contributed by atoms with Crippen LogP contribution in [-0.4, -0.2) is 13.2 Å². The van der Waals surface area contributed by atoms with E-state index in [1.165, 1.54) is 53.7 Å². The van der Waals surface area contributed by atoms with E-state index in [4.69, 9.17) is 4.74 Å². The van der Waals surface area contributed by atoms with Crippen LogP contribution in [-0.2, 0) is 11.2 Å². The Labute approximate surface area is 226 Å². The van der Waals surface area contributed by atoms with E-state index in [9.17, 15) is 0 Å². The van der Waals surface area contributed by atoms with Gasteiger partial charge in [0.2, 0.25) is 0 Å². The molecule has 1 aromatic heterocycles. The van der Waals surface area contributed by atoms with Crippen LogP contribution in [0.25, 0.3) is 18.2 Å². The lowest BCUT2D eigenvalue weighted by Gasteiger charge is -2.05.